The molecule has 1 nitrogen and oxygen atoms in total. The molecule has 1 aliphatic carbocycles. The molecule has 0 fully saturated rings. The smallest absolute Gasteiger partial charge is 0.00104 e. The summed E-state index contributed by atoms with van der Waals surface area (Å²) in [5, 5.41) is 3.60. The number of rotatable bonds is 7. The van der Waals surface area contributed by atoms with Crippen molar-refractivity contribution in [3.05, 3.63) is 34.9 Å². The van der Waals surface area contributed by atoms with Gasteiger partial charge in [0.05, 0.1) is 0 Å². The molecule has 19 heavy (non-hydrogen) atoms. The summed E-state index contributed by atoms with van der Waals surface area (Å²) in [6.07, 6.45) is 7.80. The van der Waals surface area contributed by atoms with E-state index in [-0.39, 0.29) is 0 Å². The molecule has 2 rings (SSSR count). The van der Waals surface area contributed by atoms with Crippen LogP contribution in [0.2, 0.25) is 0 Å². The summed E-state index contributed by atoms with van der Waals surface area (Å²) >= 11 is 0. The molecule has 1 aromatic rings. The Labute approximate surface area is 118 Å². The van der Waals surface area contributed by atoms with E-state index >= 15 is 0 Å². The maximum Gasteiger partial charge on any atom is 0.00104 e. The number of fused-ring (bicyclic) bond motifs is 1. The van der Waals surface area contributed by atoms with Gasteiger partial charge in [-0.25, -0.2) is 0 Å². The molecule has 0 saturated heterocycles. The zero-order valence-electron chi connectivity index (χ0n) is 12.8. The predicted octanol–water partition coefficient (Wildman–Crippen LogP) is 4.13. The third kappa shape index (κ3) is 4.35. The standard InChI is InChI=1S/C18H29N/c1-4-6-16(13-19-14(2)3)11-15-9-10-17-7-5-8-18(17)12-15/h9-10,12,14,16,19H,4-8,11,13H2,1-3H3. The summed E-state index contributed by atoms with van der Waals surface area (Å²) < 4.78 is 0. The van der Waals surface area contributed by atoms with Crippen molar-refractivity contribution in [1.82, 2.24) is 5.32 Å². The van der Waals surface area contributed by atoms with Gasteiger partial charge in [-0.1, -0.05) is 45.4 Å². The van der Waals surface area contributed by atoms with Gasteiger partial charge in [-0.15, -0.1) is 0 Å². The molecule has 0 amide bonds. The molecule has 0 radical (unpaired) electrons. The summed E-state index contributed by atoms with van der Waals surface area (Å²) in [5.74, 6) is 0.784. The zero-order valence-corrected chi connectivity index (χ0v) is 12.8. The summed E-state index contributed by atoms with van der Waals surface area (Å²) in [6, 6.07) is 7.80. The van der Waals surface area contributed by atoms with Crippen LogP contribution >= 0.6 is 0 Å². The average Bonchev–Trinajstić information content (AvgIpc) is 2.83. The second kappa shape index (κ2) is 7.09. The lowest BCUT2D eigenvalue weighted by molar-refractivity contribution is 0.418. The first kappa shape index (κ1) is 14.6. The molecule has 0 aliphatic heterocycles. The fraction of sp³-hybridized carbons (Fsp3) is 0.667. The lowest BCUT2D eigenvalue weighted by Crippen LogP contribution is -2.30. The minimum Gasteiger partial charge on any atom is -0.314 e. The van der Waals surface area contributed by atoms with Crippen molar-refractivity contribution < 1.29 is 0 Å². The van der Waals surface area contributed by atoms with Gasteiger partial charge < -0.3 is 5.32 Å². The first-order valence-electron chi connectivity index (χ1n) is 8.03. The normalized spacial score (nSPS) is 15.8. The highest BCUT2D eigenvalue weighted by Gasteiger charge is 2.13. The van der Waals surface area contributed by atoms with Gasteiger partial charge in [0.15, 0.2) is 0 Å². The number of hydrogen-bond donors (Lipinski definition) is 1. The average molecular weight is 259 g/mol. The van der Waals surface area contributed by atoms with Crippen molar-refractivity contribution in [2.24, 2.45) is 5.92 Å². The van der Waals surface area contributed by atoms with Crippen LogP contribution in [0.3, 0.4) is 0 Å². The molecule has 1 aliphatic rings. The fourth-order valence-corrected chi connectivity index (χ4v) is 3.17. The molecule has 0 heterocycles. The SMILES string of the molecule is CCCC(CNC(C)C)Cc1ccc2c(c1)CCC2. The van der Waals surface area contributed by atoms with Gasteiger partial charge in [-0.05, 0) is 61.3 Å². The Morgan fingerprint density at radius 2 is 1.95 bits per heavy atom. The second-order valence-corrected chi connectivity index (χ2v) is 6.38. The van der Waals surface area contributed by atoms with E-state index in [0.29, 0.717) is 6.04 Å². The van der Waals surface area contributed by atoms with Crippen molar-refractivity contribution in [2.45, 2.75) is 65.3 Å². The largest absolute Gasteiger partial charge is 0.314 e. The van der Waals surface area contributed by atoms with Crippen LogP contribution in [0.15, 0.2) is 18.2 Å². The highest BCUT2D eigenvalue weighted by atomic mass is 14.9. The molecule has 1 aromatic carbocycles. The maximum absolute atomic E-state index is 3.60. The van der Waals surface area contributed by atoms with Crippen molar-refractivity contribution in [3.63, 3.8) is 0 Å². The molecule has 1 N–H and O–H groups in total. The molecular formula is C18H29N. The van der Waals surface area contributed by atoms with Crippen LogP contribution in [-0.2, 0) is 19.3 Å². The molecular weight excluding hydrogens is 230 g/mol. The van der Waals surface area contributed by atoms with Crippen LogP contribution in [-0.4, -0.2) is 12.6 Å². The monoisotopic (exact) mass is 259 g/mol. The third-order valence-corrected chi connectivity index (χ3v) is 4.20. The van der Waals surface area contributed by atoms with E-state index in [4.69, 9.17) is 0 Å². The van der Waals surface area contributed by atoms with Crippen LogP contribution in [0.5, 0.6) is 0 Å². The first-order valence-corrected chi connectivity index (χ1v) is 8.03. The summed E-state index contributed by atoms with van der Waals surface area (Å²) in [4.78, 5) is 0. The van der Waals surface area contributed by atoms with Gasteiger partial charge in [-0.3, -0.25) is 0 Å². The predicted molar refractivity (Wildman–Crippen MR) is 83.7 cm³/mol. The Kier molecular flexibility index (Phi) is 5.45. The molecule has 0 spiro atoms. The number of aryl methyl sites for hydroxylation is 2. The Balaban J connectivity index is 1.96. The van der Waals surface area contributed by atoms with E-state index in [0.717, 1.165) is 12.5 Å². The van der Waals surface area contributed by atoms with Gasteiger partial charge in [0, 0.05) is 6.04 Å². The Morgan fingerprint density at radius 3 is 2.68 bits per heavy atom. The second-order valence-electron chi connectivity index (χ2n) is 6.38. The topological polar surface area (TPSA) is 12.0 Å². The van der Waals surface area contributed by atoms with Gasteiger partial charge in [-0.2, -0.15) is 0 Å². The highest BCUT2D eigenvalue weighted by Crippen LogP contribution is 2.24. The third-order valence-electron chi connectivity index (χ3n) is 4.20. The Morgan fingerprint density at radius 1 is 1.16 bits per heavy atom. The molecule has 1 heteroatoms. The lowest BCUT2D eigenvalue weighted by atomic mass is 9.93. The lowest BCUT2D eigenvalue weighted by Gasteiger charge is -2.19. The first-order chi connectivity index (χ1) is 9.19. The number of benzene rings is 1. The Bertz CT molecular complexity index is 395. The molecule has 106 valence electrons. The minimum absolute atomic E-state index is 0.597. The highest BCUT2D eigenvalue weighted by molar-refractivity contribution is 5.35. The quantitative estimate of drug-likeness (QED) is 0.776. The summed E-state index contributed by atoms with van der Waals surface area (Å²) in [5.41, 5.74) is 4.75. The number of hydrogen-bond acceptors (Lipinski definition) is 1. The zero-order chi connectivity index (χ0) is 13.7. The van der Waals surface area contributed by atoms with Crippen molar-refractivity contribution in [3.8, 4) is 0 Å². The summed E-state index contributed by atoms with van der Waals surface area (Å²) in [7, 11) is 0. The van der Waals surface area contributed by atoms with Crippen molar-refractivity contribution in [2.75, 3.05) is 6.54 Å². The number of nitrogens with one attached hydrogen (secondary N) is 1. The van der Waals surface area contributed by atoms with Gasteiger partial charge >= 0.3 is 0 Å². The molecule has 0 saturated carbocycles. The van der Waals surface area contributed by atoms with Gasteiger partial charge in [0.25, 0.3) is 0 Å². The van der Waals surface area contributed by atoms with Crippen LogP contribution < -0.4 is 5.32 Å². The van der Waals surface area contributed by atoms with E-state index in [1.165, 1.54) is 38.5 Å². The van der Waals surface area contributed by atoms with E-state index in [1.807, 2.05) is 0 Å². The summed E-state index contributed by atoms with van der Waals surface area (Å²) in [6.45, 7) is 7.92. The fourth-order valence-electron chi connectivity index (χ4n) is 3.17. The van der Waals surface area contributed by atoms with E-state index in [9.17, 15) is 0 Å². The van der Waals surface area contributed by atoms with Crippen LogP contribution in [0.4, 0.5) is 0 Å². The van der Waals surface area contributed by atoms with Gasteiger partial charge in [0.2, 0.25) is 0 Å². The molecule has 0 bridgehead atoms. The van der Waals surface area contributed by atoms with Crippen LogP contribution in [0, 0.1) is 5.92 Å². The minimum atomic E-state index is 0.597. The van der Waals surface area contributed by atoms with Crippen molar-refractivity contribution in [1.29, 1.82) is 0 Å². The molecule has 0 aromatic heterocycles. The molecule has 1 unspecified atom stereocenters. The van der Waals surface area contributed by atoms with Crippen LogP contribution in [0.1, 0.15) is 56.7 Å². The van der Waals surface area contributed by atoms with Gasteiger partial charge in [0.1, 0.15) is 0 Å². The van der Waals surface area contributed by atoms with Crippen molar-refractivity contribution >= 4 is 0 Å². The van der Waals surface area contributed by atoms with E-state index in [2.05, 4.69) is 44.3 Å². The van der Waals surface area contributed by atoms with E-state index < -0.39 is 0 Å². The van der Waals surface area contributed by atoms with Crippen LogP contribution in [0.25, 0.3) is 0 Å². The van der Waals surface area contributed by atoms with E-state index in [1.54, 1.807) is 16.7 Å². The Hall–Kier alpha value is -0.820. The molecule has 1 atom stereocenters. The maximum atomic E-state index is 3.60.